The molecule has 1 heterocycles. The van der Waals surface area contributed by atoms with Gasteiger partial charge in [-0.1, -0.05) is 24.3 Å². The van der Waals surface area contributed by atoms with E-state index in [2.05, 4.69) is 28.0 Å². The van der Waals surface area contributed by atoms with E-state index in [4.69, 9.17) is 10.1 Å². The van der Waals surface area contributed by atoms with Gasteiger partial charge in [-0.2, -0.15) is 0 Å². The van der Waals surface area contributed by atoms with E-state index in [0.29, 0.717) is 39.7 Å². The van der Waals surface area contributed by atoms with Crippen LogP contribution < -0.4 is 15.4 Å². The third-order valence-corrected chi connectivity index (χ3v) is 6.47. The number of terminal acetylenes is 1. The third kappa shape index (κ3) is 9.47. The molecule has 0 spiro atoms. The van der Waals surface area contributed by atoms with Crippen molar-refractivity contribution in [1.29, 1.82) is 5.41 Å². The number of hydrogen-bond donors (Lipinski definition) is 3. The molecule has 0 aliphatic carbocycles. The number of nitrogens with zero attached hydrogens (tertiary/aromatic N) is 1. The number of allylic oxidation sites excluding steroid dienone is 3. The minimum absolute atomic E-state index is 0.331. The zero-order valence-corrected chi connectivity index (χ0v) is 24.0. The van der Waals surface area contributed by atoms with Gasteiger partial charge in [0, 0.05) is 35.1 Å². The van der Waals surface area contributed by atoms with Crippen molar-refractivity contribution in [2.24, 2.45) is 0 Å². The monoisotopic (exact) mass is 564 g/mol. The number of thiazole rings is 1. The maximum absolute atomic E-state index is 14.4. The molecule has 2 atom stereocenters. The number of amides is 1. The molecule has 3 N–H and O–H groups in total. The molecule has 0 bridgehead atoms. The molecule has 0 fully saturated rings. The molecule has 6 nitrogen and oxygen atoms in total. The van der Waals surface area contributed by atoms with E-state index < -0.39 is 12.1 Å². The molecule has 0 aliphatic rings. The molecule has 0 radical (unpaired) electrons. The third-order valence-electron chi connectivity index (χ3n) is 5.56. The van der Waals surface area contributed by atoms with Crippen molar-refractivity contribution in [3.05, 3.63) is 99.0 Å². The summed E-state index contributed by atoms with van der Waals surface area (Å²) in [6.45, 7) is 8.96. The van der Waals surface area contributed by atoms with E-state index in [1.807, 2.05) is 6.92 Å². The van der Waals surface area contributed by atoms with Crippen molar-refractivity contribution in [3.63, 3.8) is 0 Å². The Kier molecular flexibility index (Phi) is 12.7. The van der Waals surface area contributed by atoms with Gasteiger partial charge in [0.25, 0.3) is 5.91 Å². The number of hydrogen-bond acceptors (Lipinski definition) is 6. The first-order valence-electron chi connectivity index (χ1n) is 12.5. The summed E-state index contributed by atoms with van der Waals surface area (Å²) in [6.07, 6.45) is 11.1. The molecule has 1 amide bonds. The Labute approximate surface area is 238 Å². The Morgan fingerprint density at radius 3 is 2.60 bits per heavy atom. The molecule has 1 aromatic heterocycles. The van der Waals surface area contributed by atoms with Gasteiger partial charge in [0.15, 0.2) is 5.01 Å². The van der Waals surface area contributed by atoms with Crippen molar-refractivity contribution < 1.29 is 18.3 Å². The van der Waals surface area contributed by atoms with Gasteiger partial charge in [-0.05, 0) is 76.1 Å². The minimum atomic E-state index is -0.718. The number of nitrogens with one attached hydrogen (secondary N) is 3. The first-order chi connectivity index (χ1) is 19.1. The maximum atomic E-state index is 14.4. The zero-order valence-electron chi connectivity index (χ0n) is 23.2. The lowest BCUT2D eigenvalue weighted by molar-refractivity contribution is 0.0881. The van der Waals surface area contributed by atoms with Crippen molar-refractivity contribution in [3.8, 4) is 18.1 Å². The summed E-state index contributed by atoms with van der Waals surface area (Å²) in [7, 11) is 0. The molecular formula is C31H34F2N4O2S. The molecule has 210 valence electrons. The standard InChI is InChI=1S/C28H30F2N4O2S.C3H4/c1-5-22(29)7-6-12-32-25-11-10-23(13-21(25)15-31)36-26(20-9-8-17(2)24(30)14-20)19(4)34-27(35)28-33-16-18(3)37-28;1-3-2/h5-11,13-16,19,26,31-32H,12H2,1-4H3,(H,34,35);1H,2H3/b7-6-,22-5+,31-15?;/t19?,26-;/m0./s1. The normalized spacial score (nSPS) is 12.5. The highest BCUT2D eigenvalue weighted by Crippen LogP contribution is 2.29. The Bertz CT molecular complexity index is 1410. The van der Waals surface area contributed by atoms with Crippen LogP contribution in [0.4, 0.5) is 14.5 Å². The summed E-state index contributed by atoms with van der Waals surface area (Å²) >= 11 is 1.29. The molecule has 2 aromatic carbocycles. The number of benzene rings is 2. The Morgan fingerprint density at radius 1 is 1.27 bits per heavy atom. The second-order valence-corrected chi connectivity index (χ2v) is 9.96. The topological polar surface area (TPSA) is 87.1 Å². The average Bonchev–Trinajstić information content (AvgIpc) is 3.38. The Morgan fingerprint density at radius 2 is 2.00 bits per heavy atom. The molecule has 3 aromatic rings. The SMILES string of the molecule is C#CC.C/C=C(F)\C=C/CNc1ccc(O[C@H](c2ccc(C)c(F)c2)C(C)NC(=O)c2ncc(C)s2)cc1C=N. The summed E-state index contributed by atoms with van der Waals surface area (Å²) in [5, 5.41) is 14.2. The van der Waals surface area contributed by atoms with Crippen LogP contribution in [0.15, 0.2) is 66.6 Å². The molecule has 3 rings (SSSR count). The molecule has 0 aliphatic heterocycles. The number of rotatable bonds is 11. The fraction of sp³-hybridized carbons (Fsp3) is 0.258. The number of carbonyl (C=O) groups excluding carboxylic acids is 1. The zero-order chi connectivity index (χ0) is 29.7. The summed E-state index contributed by atoms with van der Waals surface area (Å²) in [4.78, 5) is 17.8. The van der Waals surface area contributed by atoms with Crippen LogP contribution in [-0.4, -0.2) is 29.7 Å². The lowest BCUT2D eigenvalue weighted by Gasteiger charge is -2.27. The van der Waals surface area contributed by atoms with Crippen LogP contribution >= 0.6 is 11.3 Å². The van der Waals surface area contributed by atoms with E-state index >= 15 is 0 Å². The predicted molar refractivity (Wildman–Crippen MR) is 160 cm³/mol. The van der Waals surface area contributed by atoms with Gasteiger partial charge in [-0.3, -0.25) is 4.79 Å². The van der Waals surface area contributed by atoms with E-state index in [9.17, 15) is 13.6 Å². The highest BCUT2D eigenvalue weighted by atomic mass is 32.1. The van der Waals surface area contributed by atoms with Gasteiger partial charge in [0.05, 0.1) is 6.04 Å². The van der Waals surface area contributed by atoms with Crippen LogP contribution in [0.3, 0.4) is 0 Å². The molecule has 40 heavy (non-hydrogen) atoms. The van der Waals surface area contributed by atoms with Crippen LogP contribution in [0.2, 0.25) is 0 Å². The van der Waals surface area contributed by atoms with Crippen LogP contribution in [0.25, 0.3) is 0 Å². The average molecular weight is 565 g/mol. The number of carbonyl (C=O) groups is 1. The van der Waals surface area contributed by atoms with Gasteiger partial charge >= 0.3 is 0 Å². The maximum Gasteiger partial charge on any atom is 0.280 e. The van der Waals surface area contributed by atoms with E-state index in [0.717, 1.165) is 4.88 Å². The largest absolute Gasteiger partial charge is 0.484 e. The molecule has 1 unspecified atom stereocenters. The smallest absolute Gasteiger partial charge is 0.280 e. The first-order valence-corrected chi connectivity index (χ1v) is 13.3. The van der Waals surface area contributed by atoms with Crippen LogP contribution in [-0.2, 0) is 0 Å². The van der Waals surface area contributed by atoms with Crippen molar-refractivity contribution >= 4 is 29.1 Å². The van der Waals surface area contributed by atoms with E-state index in [1.165, 1.54) is 35.8 Å². The van der Waals surface area contributed by atoms with Crippen molar-refractivity contribution in [2.75, 3.05) is 11.9 Å². The van der Waals surface area contributed by atoms with Gasteiger partial charge in [-0.25, -0.2) is 13.8 Å². The number of aromatic nitrogens is 1. The van der Waals surface area contributed by atoms with Gasteiger partial charge in [-0.15, -0.1) is 23.7 Å². The minimum Gasteiger partial charge on any atom is -0.484 e. The summed E-state index contributed by atoms with van der Waals surface area (Å²) in [5.74, 6) is 1.65. The number of halogens is 2. The molecular weight excluding hydrogens is 530 g/mol. The van der Waals surface area contributed by atoms with E-state index in [-0.39, 0.29) is 17.6 Å². The molecule has 0 saturated heterocycles. The van der Waals surface area contributed by atoms with Gasteiger partial charge in [0.2, 0.25) is 0 Å². The highest BCUT2D eigenvalue weighted by Gasteiger charge is 2.25. The highest BCUT2D eigenvalue weighted by molar-refractivity contribution is 7.13. The molecule has 0 saturated carbocycles. The van der Waals surface area contributed by atoms with Crippen LogP contribution in [0.5, 0.6) is 5.75 Å². The molecule has 9 heteroatoms. The lowest BCUT2D eigenvalue weighted by atomic mass is 10.0. The quantitative estimate of drug-likeness (QED) is 0.129. The van der Waals surface area contributed by atoms with Crippen molar-refractivity contribution in [2.45, 2.75) is 46.8 Å². The Hall–Kier alpha value is -4.29. The van der Waals surface area contributed by atoms with Gasteiger partial charge in [0.1, 0.15) is 23.5 Å². The van der Waals surface area contributed by atoms with Gasteiger partial charge < -0.3 is 20.8 Å². The number of anilines is 1. The van der Waals surface area contributed by atoms with E-state index in [1.54, 1.807) is 70.3 Å². The first kappa shape index (κ1) is 31.9. The lowest BCUT2D eigenvalue weighted by Crippen LogP contribution is -2.39. The fourth-order valence-corrected chi connectivity index (χ4v) is 4.19. The predicted octanol–water partition coefficient (Wildman–Crippen LogP) is 7.32. The van der Waals surface area contributed by atoms with Crippen LogP contribution in [0.1, 0.15) is 58.2 Å². The second kappa shape index (κ2) is 16.0. The second-order valence-electron chi connectivity index (χ2n) is 8.72. The van der Waals surface area contributed by atoms with Crippen LogP contribution in [0, 0.1) is 37.4 Å². The number of aryl methyl sites for hydroxylation is 2. The Balaban J connectivity index is 0.00000178. The summed E-state index contributed by atoms with van der Waals surface area (Å²) < 4.78 is 34.0. The summed E-state index contributed by atoms with van der Waals surface area (Å²) in [5.41, 5.74) is 2.29. The number of ether oxygens (including phenoxy) is 1. The fourth-order valence-electron chi connectivity index (χ4n) is 3.53. The summed E-state index contributed by atoms with van der Waals surface area (Å²) in [6, 6.07) is 9.46. The van der Waals surface area contributed by atoms with Crippen molar-refractivity contribution in [1.82, 2.24) is 10.3 Å².